The Morgan fingerprint density at radius 3 is 2.58 bits per heavy atom. The third kappa shape index (κ3) is 3.84. The van der Waals surface area contributed by atoms with E-state index in [1.807, 2.05) is 11.8 Å². The van der Waals surface area contributed by atoms with Crippen LogP contribution in [0.15, 0.2) is 6.07 Å². The molecule has 0 atom stereocenters. The van der Waals surface area contributed by atoms with Crippen LogP contribution < -0.4 is 5.32 Å². The topological polar surface area (TPSA) is 76.6 Å². The van der Waals surface area contributed by atoms with Crippen LogP contribution in [0.5, 0.6) is 0 Å². The molecule has 0 saturated carbocycles. The number of hydrogen-bond donors (Lipinski definition) is 1. The van der Waals surface area contributed by atoms with Gasteiger partial charge in [0.05, 0.1) is 13.2 Å². The monoisotopic (exact) mass is 334 g/mol. The Hall–Kier alpha value is -1.73. The second-order valence-corrected chi connectivity index (χ2v) is 6.86. The van der Waals surface area contributed by atoms with E-state index >= 15 is 0 Å². The Bertz CT molecular complexity index is 589. The van der Waals surface area contributed by atoms with Gasteiger partial charge in [0, 0.05) is 38.5 Å². The molecule has 2 aliphatic rings. The first kappa shape index (κ1) is 17.1. The number of anilines is 1. The molecule has 0 aromatic carbocycles. The van der Waals surface area contributed by atoms with Crippen LogP contribution in [0.3, 0.4) is 0 Å². The SMILES string of the molecule is Cc1nc(NCC(C)C)cc(C(=O)N2CCC3(CC2)OCCO3)n1. The fraction of sp³-hybridized carbons (Fsp3) is 0.706. The summed E-state index contributed by atoms with van der Waals surface area (Å²) >= 11 is 0. The van der Waals surface area contributed by atoms with Crippen LogP contribution in [-0.2, 0) is 9.47 Å². The Balaban J connectivity index is 1.66. The average molecular weight is 334 g/mol. The third-order valence-electron chi connectivity index (χ3n) is 4.37. The van der Waals surface area contributed by atoms with Crippen LogP contribution in [0.1, 0.15) is 43.0 Å². The van der Waals surface area contributed by atoms with Crippen molar-refractivity contribution < 1.29 is 14.3 Å². The van der Waals surface area contributed by atoms with Gasteiger partial charge in [0.1, 0.15) is 17.3 Å². The highest BCUT2D eigenvalue weighted by Gasteiger charge is 2.41. The number of piperidine rings is 1. The molecule has 1 aromatic heterocycles. The van der Waals surface area contributed by atoms with Gasteiger partial charge in [0.25, 0.3) is 5.91 Å². The number of nitrogens with zero attached hydrogens (tertiary/aromatic N) is 3. The molecular weight excluding hydrogens is 308 g/mol. The molecule has 2 fully saturated rings. The summed E-state index contributed by atoms with van der Waals surface area (Å²) in [5.74, 6) is 1.28. The molecule has 24 heavy (non-hydrogen) atoms. The third-order valence-corrected chi connectivity index (χ3v) is 4.37. The zero-order valence-corrected chi connectivity index (χ0v) is 14.7. The summed E-state index contributed by atoms with van der Waals surface area (Å²) in [6.45, 7) is 9.41. The lowest BCUT2D eigenvalue weighted by Crippen LogP contribution is -2.47. The average Bonchev–Trinajstić information content (AvgIpc) is 3.01. The van der Waals surface area contributed by atoms with Crippen molar-refractivity contribution in [2.45, 2.75) is 39.4 Å². The number of hydrogen-bond acceptors (Lipinski definition) is 6. The largest absolute Gasteiger partial charge is 0.370 e. The molecule has 2 saturated heterocycles. The Kier molecular flexibility index (Phi) is 5.01. The smallest absolute Gasteiger partial charge is 0.272 e. The van der Waals surface area contributed by atoms with Crippen molar-refractivity contribution in [3.05, 3.63) is 17.6 Å². The molecule has 1 aromatic rings. The number of carbonyl (C=O) groups is 1. The predicted molar refractivity (Wildman–Crippen MR) is 89.9 cm³/mol. The van der Waals surface area contributed by atoms with E-state index in [0.717, 1.165) is 6.54 Å². The maximum atomic E-state index is 12.8. The number of nitrogens with one attached hydrogen (secondary N) is 1. The quantitative estimate of drug-likeness (QED) is 0.905. The van der Waals surface area contributed by atoms with Gasteiger partial charge in [-0.2, -0.15) is 0 Å². The van der Waals surface area contributed by atoms with E-state index in [4.69, 9.17) is 9.47 Å². The highest BCUT2D eigenvalue weighted by Crippen LogP contribution is 2.31. The normalized spacial score (nSPS) is 19.9. The van der Waals surface area contributed by atoms with E-state index in [-0.39, 0.29) is 5.91 Å². The molecule has 0 aliphatic carbocycles. The fourth-order valence-electron chi connectivity index (χ4n) is 3.07. The van der Waals surface area contributed by atoms with Crippen LogP contribution in [-0.4, -0.2) is 59.4 Å². The van der Waals surface area contributed by atoms with Gasteiger partial charge in [-0.05, 0) is 12.8 Å². The summed E-state index contributed by atoms with van der Waals surface area (Å²) in [6.07, 6.45) is 1.42. The van der Waals surface area contributed by atoms with Gasteiger partial charge in [0.15, 0.2) is 5.79 Å². The molecular formula is C17H26N4O3. The summed E-state index contributed by atoms with van der Waals surface area (Å²) in [6, 6.07) is 1.74. The van der Waals surface area contributed by atoms with Gasteiger partial charge in [-0.25, -0.2) is 9.97 Å². The minimum Gasteiger partial charge on any atom is -0.370 e. The number of ether oxygens (including phenoxy) is 2. The molecule has 0 bridgehead atoms. The van der Waals surface area contributed by atoms with E-state index in [0.29, 0.717) is 62.4 Å². The van der Waals surface area contributed by atoms with Crippen molar-refractivity contribution >= 4 is 11.7 Å². The van der Waals surface area contributed by atoms with Gasteiger partial charge >= 0.3 is 0 Å². The number of amides is 1. The van der Waals surface area contributed by atoms with Gasteiger partial charge in [-0.1, -0.05) is 13.8 Å². The maximum absolute atomic E-state index is 12.8. The summed E-state index contributed by atoms with van der Waals surface area (Å²) < 4.78 is 11.4. The van der Waals surface area contributed by atoms with Crippen molar-refractivity contribution in [1.29, 1.82) is 0 Å². The summed E-state index contributed by atoms with van der Waals surface area (Å²) in [4.78, 5) is 23.3. The summed E-state index contributed by atoms with van der Waals surface area (Å²) in [7, 11) is 0. The Morgan fingerprint density at radius 2 is 1.96 bits per heavy atom. The van der Waals surface area contributed by atoms with Crippen molar-refractivity contribution in [3.8, 4) is 0 Å². The predicted octanol–water partition coefficient (Wildman–Crippen LogP) is 1.83. The zero-order valence-electron chi connectivity index (χ0n) is 14.7. The Labute approximate surface area is 142 Å². The number of carbonyl (C=O) groups excluding carboxylic acids is 1. The molecule has 7 nitrogen and oxygen atoms in total. The van der Waals surface area contributed by atoms with Crippen molar-refractivity contribution in [1.82, 2.24) is 14.9 Å². The highest BCUT2D eigenvalue weighted by molar-refractivity contribution is 5.93. The van der Waals surface area contributed by atoms with E-state index in [1.165, 1.54) is 0 Å². The van der Waals surface area contributed by atoms with Crippen LogP contribution >= 0.6 is 0 Å². The fourth-order valence-corrected chi connectivity index (χ4v) is 3.07. The van der Waals surface area contributed by atoms with Gasteiger partial charge in [-0.3, -0.25) is 4.79 Å². The molecule has 1 spiro atoms. The van der Waals surface area contributed by atoms with E-state index in [2.05, 4.69) is 29.1 Å². The van der Waals surface area contributed by atoms with Crippen molar-refractivity contribution in [2.24, 2.45) is 5.92 Å². The number of aromatic nitrogens is 2. The van der Waals surface area contributed by atoms with Crippen molar-refractivity contribution in [3.63, 3.8) is 0 Å². The first-order chi connectivity index (χ1) is 11.5. The molecule has 1 amide bonds. The second kappa shape index (κ2) is 7.03. The van der Waals surface area contributed by atoms with Crippen LogP contribution in [0.4, 0.5) is 5.82 Å². The van der Waals surface area contributed by atoms with Crippen LogP contribution in [0.2, 0.25) is 0 Å². The molecule has 2 aliphatic heterocycles. The minimum atomic E-state index is -0.470. The summed E-state index contributed by atoms with van der Waals surface area (Å²) in [5, 5.41) is 3.26. The van der Waals surface area contributed by atoms with E-state index in [9.17, 15) is 4.79 Å². The summed E-state index contributed by atoms with van der Waals surface area (Å²) in [5.41, 5.74) is 0.443. The Morgan fingerprint density at radius 1 is 1.29 bits per heavy atom. The van der Waals surface area contributed by atoms with Crippen LogP contribution in [0, 0.1) is 12.8 Å². The number of likely N-dealkylation sites (tertiary alicyclic amines) is 1. The van der Waals surface area contributed by atoms with Gasteiger partial charge in [0.2, 0.25) is 0 Å². The lowest BCUT2D eigenvalue weighted by Gasteiger charge is -2.37. The number of rotatable bonds is 4. The van der Waals surface area contributed by atoms with Crippen molar-refractivity contribution in [2.75, 3.05) is 38.2 Å². The van der Waals surface area contributed by atoms with E-state index < -0.39 is 5.79 Å². The molecule has 0 unspecified atom stereocenters. The maximum Gasteiger partial charge on any atom is 0.272 e. The lowest BCUT2D eigenvalue weighted by molar-refractivity contribution is -0.181. The first-order valence-electron chi connectivity index (χ1n) is 8.64. The number of aryl methyl sites for hydroxylation is 1. The highest BCUT2D eigenvalue weighted by atomic mass is 16.7. The molecule has 0 radical (unpaired) electrons. The first-order valence-corrected chi connectivity index (χ1v) is 8.64. The van der Waals surface area contributed by atoms with Crippen LogP contribution in [0.25, 0.3) is 0 Å². The molecule has 132 valence electrons. The molecule has 1 N–H and O–H groups in total. The minimum absolute atomic E-state index is 0.0547. The molecule has 7 heteroatoms. The second-order valence-electron chi connectivity index (χ2n) is 6.86. The molecule has 3 heterocycles. The molecule has 3 rings (SSSR count). The van der Waals surface area contributed by atoms with Gasteiger partial charge in [-0.15, -0.1) is 0 Å². The van der Waals surface area contributed by atoms with Gasteiger partial charge < -0.3 is 19.7 Å². The standard InChI is InChI=1S/C17H26N4O3/c1-12(2)11-18-15-10-14(19-13(3)20-15)16(22)21-6-4-17(5-7-21)23-8-9-24-17/h10,12H,4-9,11H2,1-3H3,(H,18,19,20). The van der Waals surface area contributed by atoms with E-state index in [1.54, 1.807) is 6.07 Å². The zero-order chi connectivity index (χ0) is 17.2. The lowest BCUT2D eigenvalue weighted by atomic mass is 10.0.